The number of aliphatic hydroxyl groups excluding tert-OH is 1. The van der Waals surface area contributed by atoms with E-state index in [9.17, 15) is 9.90 Å². The van der Waals surface area contributed by atoms with Gasteiger partial charge in [-0.25, -0.2) is 0 Å². The second-order valence-electron chi connectivity index (χ2n) is 4.44. The van der Waals surface area contributed by atoms with Crippen molar-refractivity contribution in [3.05, 3.63) is 0 Å². The molecule has 0 saturated heterocycles. The van der Waals surface area contributed by atoms with Crippen LogP contribution in [0, 0.1) is 5.41 Å². The molecule has 0 aromatic rings. The summed E-state index contributed by atoms with van der Waals surface area (Å²) in [6, 6.07) is 0.0989. The summed E-state index contributed by atoms with van der Waals surface area (Å²) in [6.07, 6.45) is 0.750. The zero-order valence-corrected chi connectivity index (χ0v) is 9.04. The Morgan fingerprint density at radius 1 is 1.64 bits per heavy atom. The van der Waals surface area contributed by atoms with Crippen LogP contribution in [0.15, 0.2) is 0 Å². The molecule has 2 N–H and O–H groups in total. The highest BCUT2D eigenvalue weighted by atomic mass is 16.5. The van der Waals surface area contributed by atoms with E-state index in [0.29, 0.717) is 19.4 Å². The van der Waals surface area contributed by atoms with Gasteiger partial charge in [-0.3, -0.25) is 4.79 Å². The van der Waals surface area contributed by atoms with Gasteiger partial charge < -0.3 is 15.2 Å². The maximum Gasteiger partial charge on any atom is 0.222 e. The number of methoxy groups -OCH3 is 1. The van der Waals surface area contributed by atoms with Crippen LogP contribution in [0.1, 0.15) is 26.7 Å². The third-order valence-electron chi connectivity index (χ3n) is 3.08. The lowest BCUT2D eigenvalue weighted by molar-refractivity contribution is -0.130. The molecule has 1 saturated carbocycles. The molecule has 1 fully saturated rings. The van der Waals surface area contributed by atoms with Crippen molar-refractivity contribution >= 4 is 5.91 Å². The molecule has 0 aromatic heterocycles. The molecule has 1 rings (SSSR count). The quantitative estimate of drug-likeness (QED) is 0.687. The predicted molar refractivity (Wildman–Crippen MR) is 52.8 cm³/mol. The highest BCUT2D eigenvalue weighted by Gasteiger charge is 2.47. The van der Waals surface area contributed by atoms with E-state index in [0.717, 1.165) is 0 Å². The number of nitrogens with one attached hydrogen (secondary N) is 1. The number of carbonyl (C=O) groups is 1. The zero-order chi connectivity index (χ0) is 10.8. The van der Waals surface area contributed by atoms with Gasteiger partial charge in [0, 0.05) is 25.0 Å². The Balaban J connectivity index is 2.29. The van der Waals surface area contributed by atoms with Crippen LogP contribution in [-0.4, -0.2) is 36.9 Å². The lowest BCUT2D eigenvalue weighted by Gasteiger charge is -2.49. The highest BCUT2D eigenvalue weighted by molar-refractivity contribution is 5.76. The Morgan fingerprint density at radius 2 is 2.29 bits per heavy atom. The summed E-state index contributed by atoms with van der Waals surface area (Å²) in [7, 11) is 1.57. The molecule has 82 valence electrons. The van der Waals surface area contributed by atoms with Crippen molar-refractivity contribution in [3.8, 4) is 0 Å². The summed E-state index contributed by atoms with van der Waals surface area (Å²) >= 11 is 0. The maximum atomic E-state index is 11.3. The molecule has 0 aromatic carbocycles. The molecule has 1 amide bonds. The second-order valence-corrected chi connectivity index (χ2v) is 4.44. The standard InChI is InChI=1S/C10H19NO3/c1-10(2)7(6-8(10)12)11-9(13)4-5-14-3/h7-8,12H,4-6H2,1-3H3,(H,11,13). The topological polar surface area (TPSA) is 58.6 Å². The van der Waals surface area contributed by atoms with E-state index in [1.807, 2.05) is 13.8 Å². The van der Waals surface area contributed by atoms with Gasteiger partial charge in [0.25, 0.3) is 0 Å². The van der Waals surface area contributed by atoms with Gasteiger partial charge in [0.15, 0.2) is 0 Å². The minimum Gasteiger partial charge on any atom is -0.392 e. The van der Waals surface area contributed by atoms with Gasteiger partial charge in [-0.15, -0.1) is 0 Å². The third-order valence-corrected chi connectivity index (χ3v) is 3.08. The second kappa shape index (κ2) is 4.28. The predicted octanol–water partition coefficient (Wildman–Crippen LogP) is 0.298. The van der Waals surface area contributed by atoms with Crippen LogP contribution in [0.25, 0.3) is 0 Å². The number of amides is 1. The molecule has 14 heavy (non-hydrogen) atoms. The van der Waals surface area contributed by atoms with E-state index >= 15 is 0 Å². The number of rotatable bonds is 4. The smallest absolute Gasteiger partial charge is 0.222 e. The molecule has 0 radical (unpaired) electrons. The van der Waals surface area contributed by atoms with E-state index in [1.165, 1.54) is 0 Å². The van der Waals surface area contributed by atoms with E-state index in [2.05, 4.69) is 5.32 Å². The van der Waals surface area contributed by atoms with E-state index in [4.69, 9.17) is 4.74 Å². The first-order valence-corrected chi connectivity index (χ1v) is 4.95. The molecule has 4 heteroatoms. The summed E-state index contributed by atoms with van der Waals surface area (Å²) in [5.74, 6) is -0.00294. The molecule has 2 atom stereocenters. The molecule has 0 bridgehead atoms. The molecule has 1 aliphatic rings. The zero-order valence-electron chi connectivity index (χ0n) is 9.04. The van der Waals surface area contributed by atoms with Gasteiger partial charge in [-0.1, -0.05) is 13.8 Å². The average molecular weight is 201 g/mol. The average Bonchev–Trinajstić information content (AvgIpc) is 2.14. The van der Waals surface area contributed by atoms with Crippen molar-refractivity contribution in [2.75, 3.05) is 13.7 Å². The molecule has 1 aliphatic carbocycles. The van der Waals surface area contributed by atoms with Crippen molar-refractivity contribution in [3.63, 3.8) is 0 Å². The van der Waals surface area contributed by atoms with Gasteiger partial charge in [-0.2, -0.15) is 0 Å². The van der Waals surface area contributed by atoms with Crippen LogP contribution in [0.5, 0.6) is 0 Å². The van der Waals surface area contributed by atoms with Crippen LogP contribution in [0.2, 0.25) is 0 Å². The number of aliphatic hydroxyl groups is 1. The molecular weight excluding hydrogens is 182 g/mol. The van der Waals surface area contributed by atoms with Gasteiger partial charge in [0.1, 0.15) is 0 Å². The van der Waals surface area contributed by atoms with Crippen LogP contribution >= 0.6 is 0 Å². The Hall–Kier alpha value is -0.610. The fourth-order valence-electron chi connectivity index (χ4n) is 1.61. The molecule has 2 unspecified atom stereocenters. The van der Waals surface area contributed by atoms with Gasteiger partial charge in [0.2, 0.25) is 5.91 Å². The van der Waals surface area contributed by atoms with E-state index in [-0.39, 0.29) is 23.5 Å². The first kappa shape index (κ1) is 11.5. The Bertz CT molecular complexity index is 215. The molecule has 0 spiro atoms. The normalized spacial score (nSPS) is 29.4. The summed E-state index contributed by atoms with van der Waals surface area (Å²) in [5.41, 5.74) is -0.192. The summed E-state index contributed by atoms with van der Waals surface area (Å²) in [5, 5.41) is 12.4. The number of carbonyl (C=O) groups excluding carboxylic acids is 1. The van der Waals surface area contributed by atoms with Crippen LogP contribution < -0.4 is 5.32 Å². The van der Waals surface area contributed by atoms with Crippen molar-refractivity contribution in [2.45, 2.75) is 38.8 Å². The lowest BCUT2D eigenvalue weighted by atomic mass is 9.64. The highest BCUT2D eigenvalue weighted by Crippen LogP contribution is 2.40. The first-order valence-electron chi connectivity index (χ1n) is 4.95. The lowest BCUT2D eigenvalue weighted by Crippen LogP contribution is -2.61. The van der Waals surface area contributed by atoms with Crippen molar-refractivity contribution in [1.29, 1.82) is 0 Å². The Labute approximate surface area is 84.6 Å². The van der Waals surface area contributed by atoms with E-state index < -0.39 is 0 Å². The van der Waals surface area contributed by atoms with Crippen molar-refractivity contribution < 1.29 is 14.6 Å². The van der Waals surface area contributed by atoms with Crippen LogP contribution in [0.4, 0.5) is 0 Å². The molecule has 0 aliphatic heterocycles. The van der Waals surface area contributed by atoms with Gasteiger partial charge in [0.05, 0.1) is 12.7 Å². The fourth-order valence-corrected chi connectivity index (χ4v) is 1.61. The number of ether oxygens (including phenoxy) is 1. The maximum absolute atomic E-state index is 11.3. The number of hydrogen-bond donors (Lipinski definition) is 2. The van der Waals surface area contributed by atoms with Crippen molar-refractivity contribution in [2.24, 2.45) is 5.41 Å². The van der Waals surface area contributed by atoms with Crippen LogP contribution in [0.3, 0.4) is 0 Å². The minimum absolute atomic E-state index is 0.00294. The fraction of sp³-hybridized carbons (Fsp3) is 0.900. The Kier molecular flexibility index (Phi) is 3.50. The summed E-state index contributed by atoms with van der Waals surface area (Å²) in [6.45, 7) is 4.37. The number of hydrogen-bond acceptors (Lipinski definition) is 3. The summed E-state index contributed by atoms with van der Waals surface area (Å²) < 4.78 is 4.81. The minimum atomic E-state index is -0.296. The van der Waals surface area contributed by atoms with E-state index in [1.54, 1.807) is 7.11 Å². The SMILES string of the molecule is COCCC(=O)NC1CC(O)C1(C)C. The third kappa shape index (κ3) is 2.25. The Morgan fingerprint density at radius 3 is 2.71 bits per heavy atom. The van der Waals surface area contributed by atoms with Crippen molar-refractivity contribution in [1.82, 2.24) is 5.32 Å². The largest absolute Gasteiger partial charge is 0.392 e. The molecule has 0 heterocycles. The van der Waals surface area contributed by atoms with Gasteiger partial charge >= 0.3 is 0 Å². The van der Waals surface area contributed by atoms with Gasteiger partial charge in [-0.05, 0) is 6.42 Å². The molecule has 4 nitrogen and oxygen atoms in total. The monoisotopic (exact) mass is 201 g/mol. The van der Waals surface area contributed by atoms with Crippen LogP contribution in [-0.2, 0) is 9.53 Å². The molecular formula is C10H19NO3. The summed E-state index contributed by atoms with van der Waals surface area (Å²) in [4.78, 5) is 11.3. The first-order chi connectivity index (χ1) is 6.48.